The summed E-state index contributed by atoms with van der Waals surface area (Å²) in [4.78, 5) is 20.1. The Hall–Kier alpha value is -1.66. The van der Waals surface area contributed by atoms with E-state index < -0.39 is 0 Å². The normalized spacial score (nSPS) is 16.2. The van der Waals surface area contributed by atoms with Crippen LogP contribution in [0.3, 0.4) is 0 Å². The van der Waals surface area contributed by atoms with Crippen molar-refractivity contribution >= 4 is 17.2 Å². The first-order valence-electron chi connectivity index (χ1n) is 7.64. The molecule has 1 aliphatic heterocycles. The molecule has 0 radical (unpaired) electrons. The summed E-state index contributed by atoms with van der Waals surface area (Å²) in [5.41, 5.74) is 0.573. The van der Waals surface area contributed by atoms with Gasteiger partial charge in [-0.3, -0.25) is 4.79 Å². The van der Waals surface area contributed by atoms with Crippen LogP contribution in [0.4, 0.5) is 0 Å². The summed E-state index contributed by atoms with van der Waals surface area (Å²) < 4.78 is 5.37. The number of aryl methyl sites for hydroxylation is 1. The molecule has 1 fully saturated rings. The van der Waals surface area contributed by atoms with Gasteiger partial charge in [-0.2, -0.15) is 0 Å². The first-order valence-corrected chi connectivity index (χ1v) is 8.46. The van der Waals surface area contributed by atoms with E-state index in [1.165, 1.54) is 11.3 Å². The molecule has 0 saturated carbocycles. The minimum absolute atomic E-state index is 0.0504. The second-order valence-corrected chi connectivity index (χ2v) is 6.90. The van der Waals surface area contributed by atoms with Gasteiger partial charge in [0.25, 0.3) is 5.91 Å². The number of furan rings is 1. The first-order chi connectivity index (χ1) is 10.7. The number of amides is 1. The second-order valence-electron chi connectivity index (χ2n) is 5.69. The summed E-state index contributed by atoms with van der Waals surface area (Å²) in [7, 11) is 1.98. The van der Waals surface area contributed by atoms with Crippen molar-refractivity contribution in [2.24, 2.45) is 5.92 Å². The van der Waals surface area contributed by atoms with Crippen molar-refractivity contribution in [3.8, 4) is 10.8 Å². The van der Waals surface area contributed by atoms with Crippen LogP contribution in [0.5, 0.6) is 0 Å². The molecule has 3 heterocycles. The zero-order chi connectivity index (χ0) is 15.5. The van der Waals surface area contributed by atoms with Crippen molar-refractivity contribution in [3.05, 3.63) is 29.0 Å². The quantitative estimate of drug-likeness (QED) is 0.941. The highest BCUT2D eigenvalue weighted by molar-refractivity contribution is 7.15. The molecule has 0 aliphatic carbocycles. The number of likely N-dealkylation sites (tertiary alicyclic amines) is 1. The smallest absolute Gasteiger partial charge is 0.273 e. The number of carbonyl (C=O) groups is 1. The van der Waals surface area contributed by atoms with Gasteiger partial charge in [-0.05, 0) is 51.4 Å². The molecule has 0 atom stereocenters. The summed E-state index contributed by atoms with van der Waals surface area (Å²) >= 11 is 1.51. The van der Waals surface area contributed by atoms with E-state index in [0.29, 0.717) is 11.6 Å². The Bertz CT molecular complexity index is 628. The van der Waals surface area contributed by atoms with Crippen LogP contribution in [-0.4, -0.2) is 42.5 Å². The second kappa shape index (κ2) is 6.62. The van der Waals surface area contributed by atoms with Crippen LogP contribution >= 0.6 is 11.3 Å². The minimum atomic E-state index is 0.0504. The topological polar surface area (TPSA) is 58.4 Å². The Labute approximate surface area is 134 Å². The number of rotatable bonds is 4. The molecule has 6 heteroatoms. The number of hydrogen-bond donors (Lipinski definition) is 1. The van der Waals surface area contributed by atoms with Gasteiger partial charge in [0.15, 0.2) is 10.8 Å². The Morgan fingerprint density at radius 2 is 2.27 bits per heavy atom. The standard InChI is InChI=1S/C16H21N3O2S/c1-11-14(18-15(22-11)13-4-3-9-21-13)16(20)19-7-5-12(6-8-19)10-17-2/h3-4,9,12,17H,5-8,10H2,1-2H3. The molecule has 118 valence electrons. The number of thiazole rings is 1. The van der Waals surface area contributed by atoms with Gasteiger partial charge in [0.05, 0.1) is 6.26 Å². The average Bonchev–Trinajstić information content (AvgIpc) is 3.17. The van der Waals surface area contributed by atoms with Gasteiger partial charge in [-0.15, -0.1) is 11.3 Å². The van der Waals surface area contributed by atoms with Crippen LogP contribution in [0, 0.1) is 12.8 Å². The highest BCUT2D eigenvalue weighted by atomic mass is 32.1. The number of carbonyl (C=O) groups excluding carboxylic acids is 1. The number of aromatic nitrogens is 1. The average molecular weight is 319 g/mol. The molecule has 0 unspecified atom stereocenters. The third-order valence-corrected chi connectivity index (χ3v) is 5.11. The zero-order valence-electron chi connectivity index (χ0n) is 13.0. The SMILES string of the molecule is CNCC1CCN(C(=O)c2nc(-c3ccco3)sc2C)CC1. The van der Waals surface area contributed by atoms with E-state index in [-0.39, 0.29) is 5.91 Å². The third kappa shape index (κ3) is 3.08. The summed E-state index contributed by atoms with van der Waals surface area (Å²) in [6.07, 6.45) is 3.74. The van der Waals surface area contributed by atoms with Crippen molar-refractivity contribution in [3.63, 3.8) is 0 Å². The van der Waals surface area contributed by atoms with E-state index in [1.807, 2.05) is 31.0 Å². The van der Waals surface area contributed by atoms with E-state index in [1.54, 1.807) is 6.26 Å². The number of hydrogen-bond acceptors (Lipinski definition) is 5. The Morgan fingerprint density at radius 1 is 1.50 bits per heavy atom. The van der Waals surface area contributed by atoms with Gasteiger partial charge in [-0.25, -0.2) is 4.98 Å². The fourth-order valence-electron chi connectivity index (χ4n) is 2.88. The molecular weight excluding hydrogens is 298 g/mol. The van der Waals surface area contributed by atoms with Crippen molar-refractivity contribution in [2.45, 2.75) is 19.8 Å². The molecule has 1 aliphatic rings. The summed E-state index contributed by atoms with van der Waals surface area (Å²) in [6, 6.07) is 3.70. The van der Waals surface area contributed by atoms with Crippen LogP contribution in [0.25, 0.3) is 10.8 Å². The number of nitrogens with zero attached hydrogens (tertiary/aromatic N) is 2. The first kappa shape index (κ1) is 15.2. The molecule has 5 nitrogen and oxygen atoms in total. The predicted molar refractivity (Wildman–Crippen MR) is 87.1 cm³/mol. The summed E-state index contributed by atoms with van der Waals surface area (Å²) in [6.45, 7) is 4.61. The highest BCUT2D eigenvalue weighted by Gasteiger charge is 2.26. The lowest BCUT2D eigenvalue weighted by molar-refractivity contribution is 0.0685. The molecule has 1 saturated heterocycles. The van der Waals surface area contributed by atoms with Crippen LogP contribution in [-0.2, 0) is 0 Å². The monoisotopic (exact) mass is 319 g/mol. The molecule has 0 spiro atoms. The molecular formula is C16H21N3O2S. The fourth-order valence-corrected chi connectivity index (χ4v) is 3.75. The van der Waals surface area contributed by atoms with Crippen LogP contribution < -0.4 is 5.32 Å². The summed E-state index contributed by atoms with van der Waals surface area (Å²) in [5.74, 6) is 1.44. The lowest BCUT2D eigenvalue weighted by Crippen LogP contribution is -2.40. The van der Waals surface area contributed by atoms with E-state index in [2.05, 4.69) is 10.3 Å². The molecule has 0 bridgehead atoms. The Kier molecular flexibility index (Phi) is 4.59. The van der Waals surface area contributed by atoms with E-state index in [9.17, 15) is 4.79 Å². The summed E-state index contributed by atoms with van der Waals surface area (Å²) in [5, 5.41) is 3.99. The Morgan fingerprint density at radius 3 is 2.91 bits per heavy atom. The molecule has 3 rings (SSSR count). The maximum absolute atomic E-state index is 12.7. The molecule has 2 aromatic rings. The van der Waals surface area contributed by atoms with Gasteiger partial charge in [0.1, 0.15) is 5.69 Å². The number of piperidine rings is 1. The Balaban J connectivity index is 1.71. The van der Waals surface area contributed by atoms with Gasteiger partial charge in [-0.1, -0.05) is 0 Å². The molecule has 1 N–H and O–H groups in total. The van der Waals surface area contributed by atoms with Crippen molar-refractivity contribution in [2.75, 3.05) is 26.7 Å². The zero-order valence-corrected chi connectivity index (χ0v) is 13.8. The molecule has 0 aromatic carbocycles. The minimum Gasteiger partial charge on any atom is -0.462 e. The predicted octanol–water partition coefficient (Wildman–Crippen LogP) is 2.78. The molecule has 1 amide bonds. The van der Waals surface area contributed by atoms with E-state index >= 15 is 0 Å². The van der Waals surface area contributed by atoms with Gasteiger partial charge in [0.2, 0.25) is 0 Å². The maximum atomic E-state index is 12.7. The van der Waals surface area contributed by atoms with Gasteiger partial charge < -0.3 is 14.6 Å². The van der Waals surface area contributed by atoms with Gasteiger partial charge in [0, 0.05) is 18.0 Å². The maximum Gasteiger partial charge on any atom is 0.273 e. The number of nitrogens with one attached hydrogen (secondary N) is 1. The molecule has 22 heavy (non-hydrogen) atoms. The lowest BCUT2D eigenvalue weighted by Gasteiger charge is -2.31. The lowest BCUT2D eigenvalue weighted by atomic mass is 9.96. The fraction of sp³-hybridized carbons (Fsp3) is 0.500. The highest BCUT2D eigenvalue weighted by Crippen LogP contribution is 2.29. The van der Waals surface area contributed by atoms with Crippen molar-refractivity contribution in [1.29, 1.82) is 0 Å². The van der Waals surface area contributed by atoms with Crippen LogP contribution in [0.15, 0.2) is 22.8 Å². The van der Waals surface area contributed by atoms with Crippen LogP contribution in [0.1, 0.15) is 28.2 Å². The van der Waals surface area contributed by atoms with E-state index in [4.69, 9.17) is 4.42 Å². The van der Waals surface area contributed by atoms with Gasteiger partial charge >= 0.3 is 0 Å². The third-order valence-electron chi connectivity index (χ3n) is 4.13. The van der Waals surface area contributed by atoms with Crippen molar-refractivity contribution in [1.82, 2.24) is 15.2 Å². The largest absolute Gasteiger partial charge is 0.462 e. The van der Waals surface area contributed by atoms with Crippen LogP contribution in [0.2, 0.25) is 0 Å². The van der Waals surface area contributed by atoms with Crippen molar-refractivity contribution < 1.29 is 9.21 Å². The van der Waals surface area contributed by atoms with E-state index in [0.717, 1.165) is 48.1 Å². The molecule has 2 aromatic heterocycles.